The van der Waals surface area contributed by atoms with E-state index < -0.39 is 63.3 Å². The minimum absolute atomic E-state index is 0.103. The fourth-order valence-electron chi connectivity index (χ4n) is 4.12. The van der Waals surface area contributed by atoms with Gasteiger partial charge in [0.15, 0.2) is 23.2 Å². The topological polar surface area (TPSA) is 218 Å². The Labute approximate surface area is 199 Å². The zero-order valence-corrected chi connectivity index (χ0v) is 19.5. The summed E-state index contributed by atoms with van der Waals surface area (Å²) in [4.78, 5) is 45.1. The zero-order chi connectivity index (χ0) is 25.2. The number of carboxylic acids is 1. The number of carbonyl (C=O) groups is 2. The molecule has 2 aliphatic rings. The van der Waals surface area contributed by atoms with Gasteiger partial charge in [-0.2, -0.15) is 0 Å². The van der Waals surface area contributed by atoms with Crippen molar-refractivity contribution in [1.82, 2.24) is 24.8 Å². The summed E-state index contributed by atoms with van der Waals surface area (Å²) in [6.07, 6.45) is -0.0178. The largest absolute Gasteiger partial charge is 0.481 e. The Balaban J connectivity index is 1.44. The van der Waals surface area contributed by atoms with Crippen molar-refractivity contribution in [3.05, 3.63) is 12.7 Å². The molecule has 1 aliphatic heterocycles. The summed E-state index contributed by atoms with van der Waals surface area (Å²) in [7, 11) is -4.24. The molecule has 16 heteroatoms. The van der Waals surface area contributed by atoms with Crippen molar-refractivity contribution >= 4 is 36.6 Å². The number of carbonyl (C=O) groups excluding carboxylic acids is 1. The third kappa shape index (κ3) is 5.94. The van der Waals surface area contributed by atoms with Gasteiger partial charge in [0, 0.05) is 6.04 Å². The Hall–Kier alpha value is -2.68. The highest BCUT2D eigenvalue weighted by Crippen LogP contribution is 2.44. The molecule has 1 saturated heterocycles. The van der Waals surface area contributed by atoms with Crippen LogP contribution in [0, 0.1) is 0 Å². The molecular formula is C19H27N6O9P. The maximum Gasteiger partial charge on any atom is 0.328 e. The lowest BCUT2D eigenvalue weighted by Gasteiger charge is -2.17. The van der Waals surface area contributed by atoms with Crippen molar-refractivity contribution in [2.75, 3.05) is 18.1 Å². The lowest BCUT2D eigenvalue weighted by Crippen LogP contribution is -2.36. The van der Waals surface area contributed by atoms with Crippen molar-refractivity contribution in [1.29, 1.82) is 0 Å². The number of carboxylic acid groups (broad SMARTS) is 1. The van der Waals surface area contributed by atoms with Crippen LogP contribution in [0.4, 0.5) is 10.6 Å². The minimum atomic E-state index is -4.24. The molecule has 192 valence electrons. The second-order valence-electron chi connectivity index (χ2n) is 8.47. The molecule has 6 N–H and O–H groups in total. The molecule has 3 heterocycles. The van der Waals surface area contributed by atoms with E-state index >= 15 is 0 Å². The maximum absolute atomic E-state index is 12.3. The maximum atomic E-state index is 12.3. The van der Waals surface area contributed by atoms with E-state index in [2.05, 4.69) is 25.6 Å². The Morgan fingerprint density at radius 3 is 2.66 bits per heavy atom. The number of nitrogens with one attached hydrogen (secondary N) is 2. The van der Waals surface area contributed by atoms with Crippen molar-refractivity contribution in [2.24, 2.45) is 0 Å². The van der Waals surface area contributed by atoms with Crippen LogP contribution in [0.3, 0.4) is 0 Å². The third-order valence-electron chi connectivity index (χ3n) is 5.94. The number of aliphatic carboxylic acids is 1. The van der Waals surface area contributed by atoms with E-state index in [1.54, 1.807) is 0 Å². The first-order chi connectivity index (χ1) is 16.6. The van der Waals surface area contributed by atoms with E-state index in [9.17, 15) is 29.3 Å². The van der Waals surface area contributed by atoms with Crippen LogP contribution in [-0.2, 0) is 18.6 Å². The van der Waals surface area contributed by atoms with E-state index in [4.69, 9.17) is 14.4 Å². The quantitative estimate of drug-likeness (QED) is 0.247. The molecule has 0 bridgehead atoms. The molecule has 3 unspecified atom stereocenters. The van der Waals surface area contributed by atoms with Gasteiger partial charge in [-0.3, -0.25) is 19.2 Å². The molecular weight excluding hydrogens is 487 g/mol. The first-order valence-corrected chi connectivity index (χ1v) is 12.9. The van der Waals surface area contributed by atoms with Gasteiger partial charge in [0.25, 0.3) is 0 Å². The summed E-state index contributed by atoms with van der Waals surface area (Å²) in [5.74, 6) is -1.11. The summed E-state index contributed by atoms with van der Waals surface area (Å²) in [5.41, 5.74) is 0.441. The fraction of sp³-hybridized carbons (Fsp3) is 0.632. The molecule has 2 amide bonds. The van der Waals surface area contributed by atoms with Crippen LogP contribution in [0.1, 0.15) is 38.3 Å². The lowest BCUT2D eigenvalue weighted by atomic mass is 10.1. The number of ether oxygens (including phenoxy) is 1. The number of amides is 2. The first-order valence-electron chi connectivity index (χ1n) is 11.1. The predicted molar refractivity (Wildman–Crippen MR) is 119 cm³/mol. The Morgan fingerprint density at radius 2 is 1.94 bits per heavy atom. The number of urea groups is 1. The summed E-state index contributed by atoms with van der Waals surface area (Å²) >= 11 is 0. The fourth-order valence-corrected chi connectivity index (χ4v) is 5.10. The van der Waals surface area contributed by atoms with Gasteiger partial charge in [-0.25, -0.2) is 19.7 Å². The van der Waals surface area contributed by atoms with Crippen molar-refractivity contribution < 1.29 is 43.6 Å². The number of hydrogen-bond acceptors (Lipinski definition) is 10. The molecule has 5 atom stereocenters. The van der Waals surface area contributed by atoms with Crippen molar-refractivity contribution in [3.63, 3.8) is 0 Å². The van der Waals surface area contributed by atoms with Crippen LogP contribution in [0.25, 0.3) is 11.2 Å². The highest BCUT2D eigenvalue weighted by Gasteiger charge is 2.45. The molecule has 35 heavy (non-hydrogen) atoms. The zero-order valence-electron chi connectivity index (χ0n) is 18.6. The Bertz CT molecular complexity index is 1120. The standard InChI is InChI=1S/C19H27N6O9P/c26-12(27)5-6-35(31,32)33-7-11-14(28)15(29)18(34-11)25-9-22-13-16(20-8-21-17(13)25)24-19(30)23-10-3-1-2-4-10/h8-11,14-15,18,28-29H,1-7H2,(H,26,27)(H,31,32)(H2,20,21,23,24,30)/t11-,14?,15?,18-/m1/s1. The van der Waals surface area contributed by atoms with E-state index in [1.165, 1.54) is 17.2 Å². The average molecular weight is 514 g/mol. The summed E-state index contributed by atoms with van der Waals surface area (Å²) in [5, 5.41) is 35.1. The first kappa shape index (κ1) is 25.4. The molecule has 0 aromatic carbocycles. The number of hydrogen-bond donors (Lipinski definition) is 6. The molecule has 1 aliphatic carbocycles. The monoisotopic (exact) mass is 514 g/mol. The predicted octanol–water partition coefficient (Wildman–Crippen LogP) is 0.186. The van der Waals surface area contributed by atoms with Crippen molar-refractivity contribution in [3.8, 4) is 0 Å². The van der Waals surface area contributed by atoms with E-state index in [0.29, 0.717) is 0 Å². The van der Waals surface area contributed by atoms with Crippen LogP contribution in [0.15, 0.2) is 12.7 Å². The number of imidazole rings is 1. The Morgan fingerprint density at radius 1 is 1.20 bits per heavy atom. The van der Waals surface area contributed by atoms with E-state index in [-0.39, 0.29) is 23.0 Å². The number of nitrogens with zero attached hydrogens (tertiary/aromatic N) is 4. The van der Waals surface area contributed by atoms with Gasteiger partial charge in [0.05, 0.1) is 25.5 Å². The second kappa shape index (κ2) is 10.5. The van der Waals surface area contributed by atoms with Gasteiger partial charge in [0.1, 0.15) is 24.6 Å². The van der Waals surface area contributed by atoms with Gasteiger partial charge in [-0.1, -0.05) is 12.8 Å². The van der Waals surface area contributed by atoms with Gasteiger partial charge >= 0.3 is 19.6 Å². The van der Waals surface area contributed by atoms with E-state index in [1.807, 2.05) is 0 Å². The smallest absolute Gasteiger partial charge is 0.328 e. The van der Waals surface area contributed by atoms with Crippen LogP contribution in [0.5, 0.6) is 0 Å². The molecule has 2 aromatic rings. The van der Waals surface area contributed by atoms with Crippen LogP contribution >= 0.6 is 7.60 Å². The summed E-state index contributed by atoms with van der Waals surface area (Å²) < 4.78 is 23.9. The summed E-state index contributed by atoms with van der Waals surface area (Å²) in [6.45, 7) is -0.558. The Kier molecular flexibility index (Phi) is 7.64. The SMILES string of the molecule is O=C(O)CCP(=O)(O)OC[C@H]1O[C@@H](n2cnc3c(NC(=O)NC4CCCC4)ncnc32)C(O)C1O. The van der Waals surface area contributed by atoms with Gasteiger partial charge in [-0.05, 0) is 12.8 Å². The van der Waals surface area contributed by atoms with Gasteiger partial charge in [-0.15, -0.1) is 0 Å². The highest BCUT2D eigenvalue weighted by atomic mass is 31.2. The van der Waals surface area contributed by atoms with Crippen LogP contribution in [0.2, 0.25) is 0 Å². The number of aliphatic hydroxyl groups excluding tert-OH is 2. The molecule has 2 aromatic heterocycles. The number of rotatable bonds is 9. The normalized spacial score (nSPS) is 26.6. The molecule has 0 radical (unpaired) electrons. The third-order valence-corrected chi connectivity index (χ3v) is 7.28. The molecule has 1 saturated carbocycles. The molecule has 0 spiro atoms. The van der Waals surface area contributed by atoms with Gasteiger partial charge in [0.2, 0.25) is 0 Å². The number of aliphatic hydroxyl groups is 2. The van der Waals surface area contributed by atoms with Gasteiger partial charge < -0.3 is 34.8 Å². The number of fused-ring (bicyclic) bond motifs is 1. The summed E-state index contributed by atoms with van der Waals surface area (Å²) in [6, 6.07) is -0.321. The van der Waals surface area contributed by atoms with Crippen LogP contribution in [-0.4, -0.2) is 88.9 Å². The number of aromatic nitrogens is 4. The second-order valence-corrected chi connectivity index (χ2v) is 10.5. The van der Waals surface area contributed by atoms with E-state index in [0.717, 1.165) is 25.7 Å². The minimum Gasteiger partial charge on any atom is -0.481 e. The number of anilines is 1. The average Bonchev–Trinajstić information content (AvgIpc) is 3.53. The van der Waals surface area contributed by atoms with Crippen molar-refractivity contribution in [2.45, 2.75) is 62.7 Å². The highest BCUT2D eigenvalue weighted by molar-refractivity contribution is 7.52. The molecule has 4 rings (SSSR count). The molecule has 15 nitrogen and oxygen atoms in total. The lowest BCUT2D eigenvalue weighted by molar-refractivity contribution is -0.136. The van der Waals surface area contributed by atoms with Crippen LogP contribution < -0.4 is 10.6 Å². The molecule has 2 fully saturated rings.